The highest BCUT2D eigenvalue weighted by atomic mass is 16.4. The zero-order chi connectivity index (χ0) is 18.0. The van der Waals surface area contributed by atoms with E-state index in [4.69, 9.17) is 5.73 Å². The summed E-state index contributed by atoms with van der Waals surface area (Å²) in [5.41, 5.74) is 8.44. The molecule has 0 saturated carbocycles. The molecule has 0 aliphatic rings. The summed E-state index contributed by atoms with van der Waals surface area (Å²) in [4.78, 5) is 26.9. The van der Waals surface area contributed by atoms with Crippen LogP contribution in [0.2, 0.25) is 0 Å². The number of aromatic carboxylic acids is 1. The SMILES string of the molecule is Cc1c(N=Cc2cn(CC(N)=O)c3ccccc23)cccc1C(=O)O. The Kier molecular flexibility index (Phi) is 4.35. The summed E-state index contributed by atoms with van der Waals surface area (Å²) in [6, 6.07) is 12.6. The standard InChI is InChI=1S/C19H17N3O3/c1-12-14(19(24)25)6-4-7-16(12)21-9-13-10-22(11-18(20)23)17-8-3-2-5-15(13)17/h2-10H,11H2,1H3,(H2,20,23)(H,24,25). The second-order valence-corrected chi connectivity index (χ2v) is 5.71. The second-order valence-electron chi connectivity index (χ2n) is 5.71. The van der Waals surface area contributed by atoms with Crippen LogP contribution in [0.25, 0.3) is 10.9 Å². The molecule has 0 radical (unpaired) electrons. The van der Waals surface area contributed by atoms with E-state index in [0.29, 0.717) is 11.3 Å². The van der Waals surface area contributed by atoms with Gasteiger partial charge in [0.2, 0.25) is 5.91 Å². The Hall–Kier alpha value is -3.41. The zero-order valence-corrected chi connectivity index (χ0v) is 13.6. The van der Waals surface area contributed by atoms with Crippen LogP contribution < -0.4 is 5.73 Å². The molecule has 0 aliphatic heterocycles. The van der Waals surface area contributed by atoms with Gasteiger partial charge in [-0.1, -0.05) is 24.3 Å². The number of fused-ring (bicyclic) bond motifs is 1. The predicted octanol–water partition coefficient (Wildman–Crippen LogP) is 2.88. The van der Waals surface area contributed by atoms with Crippen molar-refractivity contribution in [1.82, 2.24) is 4.57 Å². The third-order valence-corrected chi connectivity index (χ3v) is 4.02. The van der Waals surface area contributed by atoms with Crippen molar-refractivity contribution in [1.29, 1.82) is 0 Å². The summed E-state index contributed by atoms with van der Waals surface area (Å²) in [5, 5.41) is 10.1. The molecule has 1 aromatic heterocycles. The molecule has 1 heterocycles. The maximum atomic E-state index is 11.3. The molecule has 0 spiro atoms. The molecule has 6 heteroatoms. The summed E-state index contributed by atoms with van der Waals surface area (Å²) in [6.45, 7) is 1.81. The molecular weight excluding hydrogens is 318 g/mol. The smallest absolute Gasteiger partial charge is 0.336 e. The number of hydrogen-bond acceptors (Lipinski definition) is 3. The molecular formula is C19H17N3O3. The fourth-order valence-corrected chi connectivity index (χ4v) is 2.81. The van der Waals surface area contributed by atoms with Crippen LogP contribution in [0.3, 0.4) is 0 Å². The monoisotopic (exact) mass is 335 g/mol. The van der Waals surface area contributed by atoms with Gasteiger partial charge >= 0.3 is 5.97 Å². The number of hydrogen-bond donors (Lipinski definition) is 2. The molecule has 1 amide bonds. The van der Waals surface area contributed by atoms with Crippen LogP contribution in [0.1, 0.15) is 21.5 Å². The fourth-order valence-electron chi connectivity index (χ4n) is 2.81. The summed E-state index contributed by atoms with van der Waals surface area (Å²) in [7, 11) is 0. The van der Waals surface area contributed by atoms with Crippen molar-refractivity contribution in [3.05, 3.63) is 65.4 Å². The van der Waals surface area contributed by atoms with E-state index in [1.807, 2.05) is 30.5 Å². The molecule has 6 nitrogen and oxygen atoms in total. The van der Waals surface area contributed by atoms with Gasteiger partial charge in [0.1, 0.15) is 6.54 Å². The average molecular weight is 335 g/mol. The Morgan fingerprint density at radius 3 is 2.68 bits per heavy atom. The molecule has 0 fully saturated rings. The molecule has 0 atom stereocenters. The van der Waals surface area contributed by atoms with Gasteiger partial charge in [-0.25, -0.2) is 4.79 Å². The number of aliphatic imine (C=N–C) groups is 1. The van der Waals surface area contributed by atoms with Crippen molar-refractivity contribution in [2.45, 2.75) is 13.5 Å². The van der Waals surface area contributed by atoms with E-state index < -0.39 is 11.9 Å². The van der Waals surface area contributed by atoms with E-state index in [-0.39, 0.29) is 12.1 Å². The van der Waals surface area contributed by atoms with Crippen LogP contribution >= 0.6 is 0 Å². The van der Waals surface area contributed by atoms with Crippen molar-refractivity contribution < 1.29 is 14.7 Å². The van der Waals surface area contributed by atoms with Crippen LogP contribution in [0.15, 0.2) is 53.7 Å². The molecule has 25 heavy (non-hydrogen) atoms. The molecule has 0 saturated heterocycles. The number of carboxylic acids is 1. The van der Waals surface area contributed by atoms with Crippen LogP contribution in [-0.2, 0) is 11.3 Å². The van der Waals surface area contributed by atoms with Gasteiger partial charge in [-0.15, -0.1) is 0 Å². The highest BCUT2D eigenvalue weighted by Crippen LogP contribution is 2.24. The van der Waals surface area contributed by atoms with Crippen LogP contribution in [0.4, 0.5) is 5.69 Å². The maximum absolute atomic E-state index is 11.3. The third-order valence-electron chi connectivity index (χ3n) is 4.02. The first-order chi connectivity index (χ1) is 12.0. The third kappa shape index (κ3) is 3.28. The number of amides is 1. The van der Waals surface area contributed by atoms with E-state index in [2.05, 4.69) is 4.99 Å². The number of rotatable bonds is 5. The first-order valence-corrected chi connectivity index (χ1v) is 7.70. The lowest BCUT2D eigenvalue weighted by atomic mass is 10.1. The van der Waals surface area contributed by atoms with Gasteiger partial charge in [-0.05, 0) is 30.7 Å². The van der Waals surface area contributed by atoms with E-state index in [0.717, 1.165) is 16.5 Å². The number of para-hydroxylation sites is 1. The van der Waals surface area contributed by atoms with E-state index in [9.17, 15) is 14.7 Å². The number of carbonyl (C=O) groups is 2. The normalized spacial score (nSPS) is 11.2. The Morgan fingerprint density at radius 2 is 1.96 bits per heavy atom. The molecule has 3 rings (SSSR count). The Morgan fingerprint density at radius 1 is 1.20 bits per heavy atom. The minimum atomic E-state index is -0.979. The number of primary amides is 1. The van der Waals surface area contributed by atoms with Crippen molar-refractivity contribution >= 4 is 34.7 Å². The lowest BCUT2D eigenvalue weighted by molar-refractivity contribution is -0.118. The Bertz CT molecular complexity index is 1000. The van der Waals surface area contributed by atoms with Crippen molar-refractivity contribution in [3.8, 4) is 0 Å². The minimum absolute atomic E-state index is 0.0852. The number of nitrogens with zero attached hydrogens (tertiary/aromatic N) is 2. The highest BCUT2D eigenvalue weighted by molar-refractivity contribution is 6.01. The Labute approximate surface area is 144 Å². The van der Waals surface area contributed by atoms with E-state index in [1.165, 1.54) is 0 Å². The first-order valence-electron chi connectivity index (χ1n) is 7.70. The van der Waals surface area contributed by atoms with Crippen molar-refractivity contribution in [2.24, 2.45) is 10.7 Å². The minimum Gasteiger partial charge on any atom is -0.478 e. The number of carbonyl (C=O) groups excluding carboxylic acids is 1. The van der Waals surface area contributed by atoms with E-state index in [1.54, 1.807) is 35.9 Å². The molecule has 0 bridgehead atoms. The molecule has 0 aliphatic carbocycles. The molecule has 3 aromatic rings. The maximum Gasteiger partial charge on any atom is 0.336 e. The topological polar surface area (TPSA) is 97.7 Å². The van der Waals surface area contributed by atoms with Gasteiger partial charge in [0.15, 0.2) is 0 Å². The zero-order valence-electron chi connectivity index (χ0n) is 13.6. The average Bonchev–Trinajstić information content (AvgIpc) is 2.91. The quantitative estimate of drug-likeness (QED) is 0.701. The lowest BCUT2D eigenvalue weighted by Gasteiger charge is -2.03. The van der Waals surface area contributed by atoms with Crippen LogP contribution in [0.5, 0.6) is 0 Å². The highest BCUT2D eigenvalue weighted by Gasteiger charge is 2.10. The molecule has 126 valence electrons. The molecule has 3 N–H and O–H groups in total. The van der Waals surface area contributed by atoms with Gasteiger partial charge in [-0.2, -0.15) is 0 Å². The fraction of sp³-hybridized carbons (Fsp3) is 0.105. The first kappa shape index (κ1) is 16.4. The summed E-state index contributed by atoms with van der Waals surface area (Å²) < 4.78 is 1.78. The van der Waals surface area contributed by atoms with Gasteiger partial charge in [-0.3, -0.25) is 9.79 Å². The van der Waals surface area contributed by atoms with Crippen LogP contribution in [-0.4, -0.2) is 27.8 Å². The van der Waals surface area contributed by atoms with E-state index >= 15 is 0 Å². The number of benzene rings is 2. The van der Waals surface area contributed by atoms with Crippen molar-refractivity contribution in [2.75, 3.05) is 0 Å². The largest absolute Gasteiger partial charge is 0.478 e. The molecule has 0 unspecified atom stereocenters. The number of carboxylic acid groups (broad SMARTS) is 1. The van der Waals surface area contributed by atoms with Crippen LogP contribution in [0, 0.1) is 6.92 Å². The summed E-state index contributed by atoms with van der Waals surface area (Å²) >= 11 is 0. The summed E-state index contributed by atoms with van der Waals surface area (Å²) in [6.07, 6.45) is 3.49. The second kappa shape index (κ2) is 6.60. The number of nitrogens with two attached hydrogens (primary N) is 1. The number of aromatic nitrogens is 1. The van der Waals surface area contributed by atoms with Gasteiger partial charge in [0.05, 0.1) is 11.3 Å². The van der Waals surface area contributed by atoms with Gasteiger partial charge in [0, 0.05) is 28.9 Å². The Balaban J connectivity index is 2.04. The predicted molar refractivity (Wildman–Crippen MR) is 96.5 cm³/mol. The van der Waals surface area contributed by atoms with Gasteiger partial charge < -0.3 is 15.4 Å². The molecule has 2 aromatic carbocycles. The lowest BCUT2D eigenvalue weighted by Crippen LogP contribution is -2.17. The summed E-state index contributed by atoms with van der Waals surface area (Å²) in [5.74, 6) is -1.40. The van der Waals surface area contributed by atoms with Crippen molar-refractivity contribution in [3.63, 3.8) is 0 Å². The van der Waals surface area contributed by atoms with Gasteiger partial charge in [0.25, 0.3) is 0 Å².